The number of hydrogen-bond acceptors (Lipinski definition) is 5. The number of nitrogens with one attached hydrogen (secondary N) is 1. The summed E-state index contributed by atoms with van der Waals surface area (Å²) in [6, 6.07) is 5.07. The number of likely N-dealkylation sites (tertiary alicyclic amines) is 1. The highest BCUT2D eigenvalue weighted by molar-refractivity contribution is 6.32. The first-order valence-electron chi connectivity index (χ1n) is 8.40. The van der Waals surface area contributed by atoms with E-state index < -0.39 is 0 Å². The van der Waals surface area contributed by atoms with Crippen LogP contribution < -0.4 is 10.1 Å². The average molecular weight is 395 g/mol. The topological polar surface area (TPSA) is 67.3 Å². The van der Waals surface area contributed by atoms with E-state index in [1.807, 2.05) is 0 Å². The highest BCUT2D eigenvalue weighted by atomic mass is 35.5. The molecule has 0 aliphatic carbocycles. The van der Waals surface area contributed by atoms with Gasteiger partial charge in [0.15, 0.2) is 0 Å². The molecule has 8 heteroatoms. The summed E-state index contributed by atoms with van der Waals surface area (Å²) in [6.45, 7) is 1.93. The van der Waals surface area contributed by atoms with E-state index in [2.05, 4.69) is 27.2 Å². The third-order valence-electron chi connectivity index (χ3n) is 4.12. The summed E-state index contributed by atoms with van der Waals surface area (Å²) in [7, 11) is 2.07. The molecule has 1 fully saturated rings. The standard InChI is InChI=1S/C18H20Cl2N4O2/c1-24-6-2-3-13(11-24)26-15-8-17(22-10-14(15)19)23-18(25)7-12-4-5-16(20)21-9-12/h4-5,8-10,13H,2-3,6-7,11H2,1H3,(H,22,23,25)/t13-/m1/s1. The van der Waals surface area contributed by atoms with Crippen LogP contribution in [0.5, 0.6) is 5.75 Å². The molecular formula is C18H20Cl2N4O2. The lowest BCUT2D eigenvalue weighted by Crippen LogP contribution is -2.38. The van der Waals surface area contributed by atoms with Gasteiger partial charge in [0, 0.05) is 18.8 Å². The molecule has 3 rings (SSSR count). The zero-order valence-electron chi connectivity index (χ0n) is 14.4. The van der Waals surface area contributed by atoms with Gasteiger partial charge in [0.1, 0.15) is 27.8 Å². The summed E-state index contributed by atoms with van der Waals surface area (Å²) in [5, 5.41) is 3.58. The fourth-order valence-corrected chi connectivity index (χ4v) is 3.12. The fraction of sp³-hybridized carbons (Fsp3) is 0.389. The highest BCUT2D eigenvalue weighted by Gasteiger charge is 2.20. The van der Waals surface area contributed by atoms with Gasteiger partial charge in [-0.2, -0.15) is 0 Å². The van der Waals surface area contributed by atoms with Crippen molar-refractivity contribution < 1.29 is 9.53 Å². The lowest BCUT2D eigenvalue weighted by molar-refractivity contribution is -0.115. The van der Waals surface area contributed by atoms with E-state index in [0.717, 1.165) is 31.5 Å². The van der Waals surface area contributed by atoms with Gasteiger partial charge in [-0.15, -0.1) is 0 Å². The molecule has 2 aromatic heterocycles. The maximum Gasteiger partial charge on any atom is 0.230 e. The van der Waals surface area contributed by atoms with Gasteiger partial charge in [-0.25, -0.2) is 9.97 Å². The Morgan fingerprint density at radius 3 is 2.92 bits per heavy atom. The van der Waals surface area contributed by atoms with E-state index in [0.29, 0.717) is 21.7 Å². The van der Waals surface area contributed by atoms with Crippen LogP contribution in [0.2, 0.25) is 10.2 Å². The second-order valence-electron chi connectivity index (χ2n) is 6.36. The Kier molecular flexibility index (Phi) is 6.29. The van der Waals surface area contributed by atoms with E-state index in [-0.39, 0.29) is 18.4 Å². The molecular weight excluding hydrogens is 375 g/mol. The summed E-state index contributed by atoms with van der Waals surface area (Å²) in [5.74, 6) is 0.734. The van der Waals surface area contributed by atoms with Crippen molar-refractivity contribution in [3.8, 4) is 5.75 Å². The predicted molar refractivity (Wildman–Crippen MR) is 102 cm³/mol. The van der Waals surface area contributed by atoms with Crippen LogP contribution in [0.3, 0.4) is 0 Å². The number of anilines is 1. The van der Waals surface area contributed by atoms with E-state index >= 15 is 0 Å². The number of piperidine rings is 1. The Hall–Kier alpha value is -1.89. The Bertz CT molecular complexity index is 770. The van der Waals surface area contributed by atoms with E-state index in [1.165, 1.54) is 6.20 Å². The number of carbonyl (C=O) groups excluding carboxylic acids is 1. The van der Waals surface area contributed by atoms with Crippen LogP contribution in [0, 0.1) is 0 Å². The molecule has 138 valence electrons. The second kappa shape index (κ2) is 8.66. The van der Waals surface area contributed by atoms with Gasteiger partial charge in [-0.3, -0.25) is 4.79 Å². The first-order chi connectivity index (χ1) is 12.5. The monoisotopic (exact) mass is 394 g/mol. The molecule has 1 aliphatic rings. The summed E-state index contributed by atoms with van der Waals surface area (Å²) in [5.41, 5.74) is 0.766. The molecule has 0 unspecified atom stereocenters. The zero-order valence-corrected chi connectivity index (χ0v) is 15.9. The average Bonchev–Trinajstić information content (AvgIpc) is 2.60. The minimum atomic E-state index is -0.202. The first kappa shape index (κ1) is 18.9. The van der Waals surface area contributed by atoms with Gasteiger partial charge in [0.05, 0.1) is 12.6 Å². The van der Waals surface area contributed by atoms with Crippen molar-refractivity contribution >= 4 is 34.9 Å². The molecule has 0 saturated carbocycles. The van der Waals surface area contributed by atoms with E-state index in [9.17, 15) is 4.79 Å². The van der Waals surface area contributed by atoms with Gasteiger partial charge in [-0.05, 0) is 38.1 Å². The van der Waals surface area contributed by atoms with Gasteiger partial charge >= 0.3 is 0 Å². The highest BCUT2D eigenvalue weighted by Crippen LogP contribution is 2.28. The number of amides is 1. The van der Waals surface area contributed by atoms with Crippen LogP contribution >= 0.6 is 23.2 Å². The van der Waals surface area contributed by atoms with Crippen molar-refractivity contribution in [2.75, 3.05) is 25.5 Å². The van der Waals surface area contributed by atoms with Gasteiger partial charge in [0.2, 0.25) is 5.91 Å². The van der Waals surface area contributed by atoms with Crippen LogP contribution in [0.25, 0.3) is 0 Å². The van der Waals surface area contributed by atoms with Crippen molar-refractivity contribution in [2.45, 2.75) is 25.4 Å². The van der Waals surface area contributed by atoms with Crippen molar-refractivity contribution in [1.29, 1.82) is 0 Å². The number of hydrogen-bond donors (Lipinski definition) is 1. The molecule has 1 atom stereocenters. The zero-order chi connectivity index (χ0) is 18.5. The normalized spacial score (nSPS) is 17.7. The molecule has 6 nitrogen and oxygen atoms in total. The first-order valence-corrected chi connectivity index (χ1v) is 9.16. The van der Waals surface area contributed by atoms with Gasteiger partial charge in [0.25, 0.3) is 0 Å². The van der Waals surface area contributed by atoms with Gasteiger partial charge in [-0.1, -0.05) is 29.3 Å². The molecule has 1 amide bonds. The summed E-state index contributed by atoms with van der Waals surface area (Å²) in [6.07, 6.45) is 5.39. The smallest absolute Gasteiger partial charge is 0.230 e. The Morgan fingerprint density at radius 2 is 2.19 bits per heavy atom. The lowest BCUT2D eigenvalue weighted by atomic mass is 10.1. The third kappa shape index (κ3) is 5.30. The largest absolute Gasteiger partial charge is 0.487 e. The maximum atomic E-state index is 12.2. The molecule has 3 heterocycles. The van der Waals surface area contributed by atoms with E-state index in [1.54, 1.807) is 24.4 Å². The van der Waals surface area contributed by atoms with Gasteiger partial charge < -0.3 is 15.0 Å². The number of likely N-dealkylation sites (N-methyl/N-ethyl adjacent to an activating group) is 1. The molecule has 0 aromatic carbocycles. The van der Waals surface area contributed by atoms with Crippen LogP contribution in [0.15, 0.2) is 30.6 Å². The molecule has 26 heavy (non-hydrogen) atoms. The van der Waals surface area contributed by atoms with Crippen LogP contribution in [-0.2, 0) is 11.2 Å². The minimum absolute atomic E-state index is 0.0809. The molecule has 1 N–H and O–H groups in total. The quantitative estimate of drug-likeness (QED) is 0.786. The van der Waals surface area contributed by atoms with Crippen molar-refractivity contribution in [1.82, 2.24) is 14.9 Å². The molecule has 2 aromatic rings. The molecule has 1 saturated heterocycles. The predicted octanol–water partition coefficient (Wildman–Crippen LogP) is 3.44. The Balaban J connectivity index is 1.62. The number of nitrogens with zero attached hydrogens (tertiary/aromatic N) is 3. The molecule has 0 spiro atoms. The summed E-state index contributed by atoms with van der Waals surface area (Å²) < 4.78 is 6.02. The van der Waals surface area contributed by atoms with E-state index in [4.69, 9.17) is 27.9 Å². The number of pyridine rings is 2. The SMILES string of the molecule is CN1CCC[C@@H](Oc2cc(NC(=O)Cc3ccc(Cl)nc3)ncc2Cl)C1. The van der Waals surface area contributed by atoms with Crippen LogP contribution in [0.1, 0.15) is 18.4 Å². The van der Waals surface area contributed by atoms with Crippen molar-refractivity contribution in [3.63, 3.8) is 0 Å². The number of carbonyl (C=O) groups is 1. The minimum Gasteiger partial charge on any atom is -0.487 e. The summed E-state index contributed by atoms with van der Waals surface area (Å²) >= 11 is 11.9. The van der Waals surface area contributed by atoms with Crippen molar-refractivity contribution in [3.05, 3.63) is 46.3 Å². The lowest BCUT2D eigenvalue weighted by Gasteiger charge is -2.30. The Labute approximate surface area is 162 Å². The Morgan fingerprint density at radius 1 is 1.35 bits per heavy atom. The number of rotatable bonds is 5. The molecule has 0 bridgehead atoms. The fourth-order valence-electron chi connectivity index (χ4n) is 2.86. The van der Waals surface area contributed by atoms with Crippen LogP contribution in [-0.4, -0.2) is 47.0 Å². The third-order valence-corrected chi connectivity index (χ3v) is 4.62. The number of halogens is 2. The summed E-state index contributed by atoms with van der Waals surface area (Å²) in [4.78, 5) is 22.5. The number of aromatic nitrogens is 2. The second-order valence-corrected chi connectivity index (χ2v) is 7.15. The molecule has 0 radical (unpaired) electrons. The van der Waals surface area contributed by atoms with Crippen LogP contribution in [0.4, 0.5) is 5.82 Å². The number of ether oxygens (including phenoxy) is 1. The van der Waals surface area contributed by atoms with Crippen molar-refractivity contribution in [2.24, 2.45) is 0 Å². The molecule has 1 aliphatic heterocycles. The maximum absolute atomic E-state index is 12.2.